The number of carboxylic acid groups (broad SMARTS) is 1. The number of carbonyl (C=O) groups is 1. The van der Waals surface area contributed by atoms with E-state index in [1.54, 1.807) is 19.1 Å². The summed E-state index contributed by atoms with van der Waals surface area (Å²) < 4.78 is 15.3. The van der Waals surface area contributed by atoms with Gasteiger partial charge in [0.15, 0.2) is 5.16 Å². The molecule has 0 amide bonds. The van der Waals surface area contributed by atoms with Crippen LogP contribution in [0.1, 0.15) is 5.56 Å². The summed E-state index contributed by atoms with van der Waals surface area (Å²) in [6, 6.07) is 5.84. The zero-order chi connectivity index (χ0) is 14.7. The number of hydrogen-bond donors (Lipinski definition) is 1. The van der Waals surface area contributed by atoms with Crippen molar-refractivity contribution in [3.8, 4) is 5.69 Å². The van der Waals surface area contributed by atoms with Crippen molar-refractivity contribution >= 4 is 17.7 Å². The Balaban J connectivity index is 2.49. The van der Waals surface area contributed by atoms with Gasteiger partial charge in [-0.2, -0.15) is 4.98 Å². The fourth-order valence-corrected chi connectivity index (χ4v) is 2.31. The van der Waals surface area contributed by atoms with Crippen LogP contribution in [-0.2, 0) is 4.79 Å². The smallest absolute Gasteiger partial charge is 0.313 e. The summed E-state index contributed by atoms with van der Waals surface area (Å²) in [6.45, 7) is 1.76. The van der Waals surface area contributed by atoms with Crippen molar-refractivity contribution in [2.45, 2.75) is 12.1 Å². The van der Waals surface area contributed by atoms with Gasteiger partial charge in [-0.25, -0.2) is 4.39 Å². The van der Waals surface area contributed by atoms with E-state index >= 15 is 0 Å². The molecule has 0 saturated heterocycles. The highest BCUT2D eigenvalue weighted by molar-refractivity contribution is 7.99. The molecule has 1 aromatic carbocycles. The van der Waals surface area contributed by atoms with Crippen molar-refractivity contribution in [1.29, 1.82) is 0 Å². The van der Waals surface area contributed by atoms with Gasteiger partial charge in [-0.05, 0) is 24.6 Å². The molecule has 1 aromatic heterocycles. The number of rotatable bonds is 4. The minimum atomic E-state index is -1.04. The summed E-state index contributed by atoms with van der Waals surface area (Å²) in [4.78, 5) is 25.6. The zero-order valence-electron chi connectivity index (χ0n) is 10.5. The molecule has 5 nitrogen and oxygen atoms in total. The predicted octanol–water partition coefficient (Wildman–Crippen LogP) is 1.86. The summed E-state index contributed by atoms with van der Waals surface area (Å²) in [5, 5.41) is 8.83. The Morgan fingerprint density at radius 1 is 1.45 bits per heavy atom. The van der Waals surface area contributed by atoms with Gasteiger partial charge in [-0.15, -0.1) is 0 Å². The fraction of sp³-hybridized carbons (Fsp3) is 0.154. The molecule has 0 saturated carbocycles. The summed E-state index contributed by atoms with van der Waals surface area (Å²) in [5.41, 5.74) is 0.484. The monoisotopic (exact) mass is 294 g/mol. The molecule has 0 bridgehead atoms. The van der Waals surface area contributed by atoms with Crippen molar-refractivity contribution in [3.05, 3.63) is 52.2 Å². The van der Waals surface area contributed by atoms with Gasteiger partial charge in [-0.1, -0.05) is 17.8 Å². The van der Waals surface area contributed by atoms with Gasteiger partial charge in [0.05, 0.1) is 11.4 Å². The van der Waals surface area contributed by atoms with Gasteiger partial charge >= 0.3 is 5.97 Å². The molecule has 0 aliphatic heterocycles. The van der Waals surface area contributed by atoms with Crippen LogP contribution in [0.25, 0.3) is 5.69 Å². The number of halogens is 1. The average molecular weight is 294 g/mol. The normalized spacial score (nSPS) is 10.5. The molecular formula is C13H11FN2O3S. The van der Waals surface area contributed by atoms with Gasteiger partial charge in [0.1, 0.15) is 5.82 Å². The van der Waals surface area contributed by atoms with Crippen LogP contribution in [0, 0.1) is 12.7 Å². The molecule has 0 fully saturated rings. The number of aromatic nitrogens is 2. The Morgan fingerprint density at radius 3 is 2.85 bits per heavy atom. The van der Waals surface area contributed by atoms with E-state index < -0.39 is 17.3 Å². The van der Waals surface area contributed by atoms with E-state index in [1.165, 1.54) is 22.9 Å². The lowest BCUT2D eigenvalue weighted by Crippen LogP contribution is -2.14. The number of aliphatic carboxylic acids is 1. The fourth-order valence-electron chi connectivity index (χ4n) is 1.61. The first-order valence-corrected chi connectivity index (χ1v) is 6.67. The van der Waals surface area contributed by atoms with Crippen LogP contribution in [0.5, 0.6) is 0 Å². The molecule has 0 atom stereocenters. The highest BCUT2D eigenvalue weighted by Crippen LogP contribution is 2.21. The Hall–Kier alpha value is -2.15. The van der Waals surface area contributed by atoms with Crippen LogP contribution >= 0.6 is 11.8 Å². The molecule has 7 heteroatoms. The minimum absolute atomic E-state index is 0.141. The largest absolute Gasteiger partial charge is 0.481 e. The van der Waals surface area contributed by atoms with Crippen LogP contribution in [0.15, 0.2) is 40.4 Å². The van der Waals surface area contributed by atoms with Crippen molar-refractivity contribution in [1.82, 2.24) is 9.55 Å². The molecule has 0 unspecified atom stereocenters. The maximum Gasteiger partial charge on any atom is 0.313 e. The lowest BCUT2D eigenvalue weighted by Gasteiger charge is -2.12. The van der Waals surface area contributed by atoms with E-state index in [1.807, 2.05) is 0 Å². The first-order chi connectivity index (χ1) is 9.47. The van der Waals surface area contributed by atoms with Crippen LogP contribution in [0.3, 0.4) is 0 Å². The Morgan fingerprint density at radius 2 is 2.20 bits per heavy atom. The summed E-state index contributed by atoms with van der Waals surface area (Å²) in [5.74, 6) is -1.76. The highest BCUT2D eigenvalue weighted by Gasteiger charge is 2.11. The molecule has 1 heterocycles. The van der Waals surface area contributed by atoms with E-state index in [0.717, 1.165) is 17.3 Å². The van der Waals surface area contributed by atoms with Crippen molar-refractivity contribution < 1.29 is 14.3 Å². The molecule has 1 N–H and O–H groups in total. The van der Waals surface area contributed by atoms with E-state index in [9.17, 15) is 14.0 Å². The first-order valence-electron chi connectivity index (χ1n) is 5.68. The molecule has 20 heavy (non-hydrogen) atoms. The summed E-state index contributed by atoms with van der Waals surface area (Å²) in [7, 11) is 0. The van der Waals surface area contributed by atoms with E-state index in [0.29, 0.717) is 0 Å². The lowest BCUT2D eigenvalue weighted by atomic mass is 10.2. The molecule has 0 spiro atoms. The second-order valence-corrected chi connectivity index (χ2v) is 5.00. The third-order valence-corrected chi connectivity index (χ3v) is 3.40. The number of thioether (sulfide) groups is 1. The van der Waals surface area contributed by atoms with Crippen molar-refractivity contribution in [3.63, 3.8) is 0 Å². The molecule has 2 aromatic rings. The molecule has 2 rings (SSSR count). The average Bonchev–Trinajstić information content (AvgIpc) is 2.37. The van der Waals surface area contributed by atoms with Crippen LogP contribution in [-0.4, -0.2) is 26.4 Å². The van der Waals surface area contributed by atoms with E-state index in [4.69, 9.17) is 5.11 Å². The van der Waals surface area contributed by atoms with Crippen LogP contribution < -0.4 is 5.56 Å². The van der Waals surface area contributed by atoms with Gasteiger partial charge in [0.2, 0.25) is 0 Å². The lowest BCUT2D eigenvalue weighted by molar-refractivity contribution is -0.133. The molecular weight excluding hydrogens is 283 g/mol. The minimum Gasteiger partial charge on any atom is -0.481 e. The third-order valence-electron chi connectivity index (χ3n) is 2.47. The van der Waals surface area contributed by atoms with Crippen molar-refractivity contribution in [2.24, 2.45) is 0 Å². The molecule has 0 aliphatic rings. The standard InChI is InChI=1S/C13H11FN2O3S/c1-8-2-3-10(9(14)6-8)16-5-4-11(17)15-13(16)20-7-12(18)19/h2-6H,7H2,1H3,(H,18,19). The third kappa shape index (κ3) is 3.24. The van der Waals surface area contributed by atoms with Gasteiger partial charge < -0.3 is 5.11 Å². The Labute approximate surface area is 118 Å². The van der Waals surface area contributed by atoms with Gasteiger partial charge in [0, 0.05) is 12.3 Å². The zero-order valence-corrected chi connectivity index (χ0v) is 11.4. The topological polar surface area (TPSA) is 72.2 Å². The maximum absolute atomic E-state index is 14.0. The van der Waals surface area contributed by atoms with Crippen LogP contribution in [0.2, 0.25) is 0 Å². The number of benzene rings is 1. The first kappa shape index (κ1) is 14.3. The number of hydrogen-bond acceptors (Lipinski definition) is 4. The highest BCUT2D eigenvalue weighted by atomic mass is 32.2. The van der Waals surface area contributed by atoms with Gasteiger partial charge in [-0.3, -0.25) is 14.2 Å². The number of carboxylic acids is 1. The maximum atomic E-state index is 14.0. The summed E-state index contributed by atoms with van der Waals surface area (Å²) in [6.07, 6.45) is 1.38. The van der Waals surface area contributed by atoms with E-state index in [2.05, 4.69) is 4.98 Å². The van der Waals surface area contributed by atoms with Crippen LogP contribution in [0.4, 0.5) is 4.39 Å². The molecule has 104 valence electrons. The van der Waals surface area contributed by atoms with Crippen molar-refractivity contribution in [2.75, 3.05) is 5.75 Å². The SMILES string of the molecule is Cc1ccc(-n2ccc(=O)nc2SCC(=O)O)c(F)c1. The number of aryl methyl sites for hydroxylation is 1. The number of nitrogens with zero attached hydrogens (tertiary/aromatic N) is 2. The van der Waals surface area contributed by atoms with E-state index in [-0.39, 0.29) is 16.6 Å². The summed E-state index contributed by atoms with van der Waals surface area (Å²) >= 11 is 0.863. The Kier molecular flexibility index (Phi) is 4.19. The second-order valence-electron chi connectivity index (χ2n) is 4.06. The Bertz CT molecular complexity index is 715. The molecule has 0 radical (unpaired) electrons. The predicted molar refractivity (Wildman–Crippen MR) is 72.9 cm³/mol. The van der Waals surface area contributed by atoms with Gasteiger partial charge in [0.25, 0.3) is 5.56 Å². The second kappa shape index (κ2) is 5.87. The molecule has 0 aliphatic carbocycles. The quantitative estimate of drug-likeness (QED) is 0.688.